The summed E-state index contributed by atoms with van der Waals surface area (Å²) in [5.41, 5.74) is 1.92. The number of nitrogens with one attached hydrogen (secondary N) is 1. The van der Waals surface area contributed by atoms with Crippen LogP contribution in [0.1, 0.15) is 12.5 Å². The molecule has 100 valence electrons. The van der Waals surface area contributed by atoms with Gasteiger partial charge in [-0.1, -0.05) is 23.7 Å². The lowest BCUT2D eigenvalue weighted by molar-refractivity contribution is 0.340. The lowest BCUT2D eigenvalue weighted by atomic mass is 10.2. The standard InChI is InChI=1S/C15H16ClNO2/c1-2-19-15-7-6-12(9-14(15)16)17-10-11-4-3-5-13(18)8-11/h3-9,17-18H,2,10H2,1H3. The molecule has 0 saturated carbocycles. The molecular formula is C15H16ClNO2. The smallest absolute Gasteiger partial charge is 0.138 e. The average molecular weight is 278 g/mol. The zero-order chi connectivity index (χ0) is 13.7. The van der Waals surface area contributed by atoms with Gasteiger partial charge < -0.3 is 15.2 Å². The van der Waals surface area contributed by atoms with Crippen molar-refractivity contribution in [3.05, 3.63) is 53.1 Å². The van der Waals surface area contributed by atoms with Gasteiger partial charge in [0, 0.05) is 12.2 Å². The van der Waals surface area contributed by atoms with E-state index in [1.54, 1.807) is 12.1 Å². The maximum absolute atomic E-state index is 9.38. The number of benzene rings is 2. The first-order valence-electron chi connectivity index (χ1n) is 6.13. The van der Waals surface area contributed by atoms with Crippen molar-refractivity contribution in [2.75, 3.05) is 11.9 Å². The Bertz CT molecular complexity index is 558. The third kappa shape index (κ3) is 3.80. The van der Waals surface area contributed by atoms with Gasteiger partial charge in [0.2, 0.25) is 0 Å². The number of phenolic OH excluding ortho intramolecular Hbond substituents is 1. The molecule has 2 aromatic carbocycles. The van der Waals surface area contributed by atoms with E-state index in [9.17, 15) is 5.11 Å². The van der Waals surface area contributed by atoms with Gasteiger partial charge in [-0.15, -0.1) is 0 Å². The second-order valence-electron chi connectivity index (χ2n) is 4.10. The van der Waals surface area contributed by atoms with E-state index in [2.05, 4.69) is 5.32 Å². The molecule has 0 heterocycles. The highest BCUT2D eigenvalue weighted by Crippen LogP contribution is 2.27. The molecule has 0 saturated heterocycles. The Morgan fingerprint density at radius 2 is 2.05 bits per heavy atom. The highest BCUT2D eigenvalue weighted by Gasteiger charge is 2.02. The van der Waals surface area contributed by atoms with Gasteiger partial charge in [-0.2, -0.15) is 0 Å². The number of halogens is 1. The van der Waals surface area contributed by atoms with E-state index in [0.717, 1.165) is 11.3 Å². The number of ether oxygens (including phenoxy) is 1. The number of hydrogen-bond donors (Lipinski definition) is 2. The van der Waals surface area contributed by atoms with Gasteiger partial charge in [-0.3, -0.25) is 0 Å². The first-order valence-corrected chi connectivity index (χ1v) is 6.51. The number of phenols is 1. The first kappa shape index (κ1) is 13.6. The van der Waals surface area contributed by atoms with Crippen molar-refractivity contribution in [3.8, 4) is 11.5 Å². The summed E-state index contributed by atoms with van der Waals surface area (Å²) in [6.45, 7) is 3.14. The summed E-state index contributed by atoms with van der Waals surface area (Å²) in [5, 5.41) is 13.2. The van der Waals surface area contributed by atoms with Crippen molar-refractivity contribution in [1.29, 1.82) is 0 Å². The molecule has 0 unspecified atom stereocenters. The van der Waals surface area contributed by atoms with Crippen molar-refractivity contribution in [3.63, 3.8) is 0 Å². The molecule has 0 aliphatic rings. The SMILES string of the molecule is CCOc1ccc(NCc2cccc(O)c2)cc1Cl. The van der Waals surface area contributed by atoms with Crippen LogP contribution in [0.3, 0.4) is 0 Å². The van der Waals surface area contributed by atoms with E-state index < -0.39 is 0 Å². The summed E-state index contributed by atoms with van der Waals surface area (Å²) in [6.07, 6.45) is 0. The molecule has 2 rings (SSSR count). The van der Waals surface area contributed by atoms with Crippen LogP contribution in [0, 0.1) is 0 Å². The van der Waals surface area contributed by atoms with Crippen molar-refractivity contribution < 1.29 is 9.84 Å². The monoisotopic (exact) mass is 277 g/mol. The predicted molar refractivity (Wildman–Crippen MR) is 78.1 cm³/mol. The van der Waals surface area contributed by atoms with Gasteiger partial charge in [-0.25, -0.2) is 0 Å². The summed E-state index contributed by atoms with van der Waals surface area (Å²) >= 11 is 6.11. The predicted octanol–water partition coefficient (Wildman–Crippen LogP) is 4.06. The Morgan fingerprint density at radius 3 is 2.74 bits per heavy atom. The highest BCUT2D eigenvalue weighted by molar-refractivity contribution is 6.32. The lowest BCUT2D eigenvalue weighted by Gasteiger charge is -2.10. The molecule has 0 amide bonds. The van der Waals surface area contributed by atoms with Crippen LogP contribution in [0.5, 0.6) is 11.5 Å². The van der Waals surface area contributed by atoms with Gasteiger partial charge >= 0.3 is 0 Å². The summed E-state index contributed by atoms with van der Waals surface area (Å²) in [7, 11) is 0. The molecule has 4 heteroatoms. The molecule has 0 aromatic heterocycles. The van der Waals surface area contributed by atoms with E-state index in [1.165, 1.54) is 0 Å². The second-order valence-corrected chi connectivity index (χ2v) is 4.51. The number of aromatic hydroxyl groups is 1. The van der Waals surface area contributed by atoms with Gasteiger partial charge in [0.25, 0.3) is 0 Å². The molecule has 0 fully saturated rings. The van der Waals surface area contributed by atoms with Gasteiger partial charge in [0.05, 0.1) is 11.6 Å². The normalized spacial score (nSPS) is 10.2. The summed E-state index contributed by atoms with van der Waals surface area (Å²) in [5.74, 6) is 0.955. The third-order valence-electron chi connectivity index (χ3n) is 2.64. The molecule has 0 aliphatic heterocycles. The van der Waals surface area contributed by atoms with E-state index >= 15 is 0 Å². The van der Waals surface area contributed by atoms with Crippen LogP contribution >= 0.6 is 11.6 Å². The Hall–Kier alpha value is -1.87. The molecule has 19 heavy (non-hydrogen) atoms. The fourth-order valence-electron chi connectivity index (χ4n) is 1.75. The molecule has 0 bridgehead atoms. The Balaban J connectivity index is 2.02. The molecule has 0 aliphatic carbocycles. The highest BCUT2D eigenvalue weighted by atomic mass is 35.5. The average Bonchev–Trinajstić information content (AvgIpc) is 2.39. The van der Waals surface area contributed by atoms with Crippen LogP contribution in [0.25, 0.3) is 0 Å². The zero-order valence-electron chi connectivity index (χ0n) is 10.7. The van der Waals surface area contributed by atoms with E-state index in [0.29, 0.717) is 23.9 Å². The Labute approximate surface area is 117 Å². The first-order chi connectivity index (χ1) is 9.19. The zero-order valence-corrected chi connectivity index (χ0v) is 11.4. The van der Waals surface area contributed by atoms with Crippen molar-refractivity contribution in [2.45, 2.75) is 13.5 Å². The minimum absolute atomic E-state index is 0.268. The van der Waals surface area contributed by atoms with Crippen LogP contribution in [0.15, 0.2) is 42.5 Å². The van der Waals surface area contributed by atoms with Gasteiger partial charge in [0.1, 0.15) is 11.5 Å². The summed E-state index contributed by atoms with van der Waals surface area (Å²) < 4.78 is 5.38. The molecule has 0 atom stereocenters. The molecule has 0 radical (unpaired) electrons. The van der Waals surface area contributed by atoms with Crippen LogP contribution in [-0.2, 0) is 6.54 Å². The summed E-state index contributed by atoms with van der Waals surface area (Å²) in [4.78, 5) is 0. The van der Waals surface area contributed by atoms with E-state index in [-0.39, 0.29) is 5.75 Å². The van der Waals surface area contributed by atoms with Crippen molar-refractivity contribution in [2.24, 2.45) is 0 Å². The maximum atomic E-state index is 9.38. The fraction of sp³-hybridized carbons (Fsp3) is 0.200. The minimum atomic E-state index is 0.268. The quantitative estimate of drug-likeness (QED) is 0.866. The minimum Gasteiger partial charge on any atom is -0.508 e. The molecule has 0 spiro atoms. The van der Waals surface area contributed by atoms with Crippen LogP contribution in [0.4, 0.5) is 5.69 Å². The molecule has 2 aromatic rings. The van der Waals surface area contributed by atoms with Gasteiger partial charge in [0.15, 0.2) is 0 Å². The number of hydrogen-bond acceptors (Lipinski definition) is 3. The van der Waals surface area contributed by atoms with Crippen LogP contribution in [0.2, 0.25) is 5.02 Å². The Morgan fingerprint density at radius 1 is 1.21 bits per heavy atom. The van der Waals surface area contributed by atoms with E-state index in [1.807, 2.05) is 37.3 Å². The van der Waals surface area contributed by atoms with Crippen molar-refractivity contribution in [1.82, 2.24) is 0 Å². The summed E-state index contributed by atoms with van der Waals surface area (Å²) in [6, 6.07) is 12.7. The Kier molecular flexibility index (Phi) is 4.53. The maximum Gasteiger partial charge on any atom is 0.138 e. The fourth-order valence-corrected chi connectivity index (χ4v) is 1.99. The molecule has 2 N–H and O–H groups in total. The third-order valence-corrected chi connectivity index (χ3v) is 2.93. The number of rotatable bonds is 5. The molecular weight excluding hydrogens is 262 g/mol. The van der Waals surface area contributed by atoms with Crippen molar-refractivity contribution >= 4 is 17.3 Å². The van der Waals surface area contributed by atoms with Crippen LogP contribution < -0.4 is 10.1 Å². The molecule has 3 nitrogen and oxygen atoms in total. The lowest BCUT2D eigenvalue weighted by Crippen LogP contribution is -1.99. The van der Waals surface area contributed by atoms with Gasteiger partial charge in [-0.05, 0) is 42.8 Å². The van der Waals surface area contributed by atoms with E-state index in [4.69, 9.17) is 16.3 Å². The topological polar surface area (TPSA) is 41.5 Å². The number of anilines is 1. The second kappa shape index (κ2) is 6.34. The van der Waals surface area contributed by atoms with Crippen LogP contribution in [-0.4, -0.2) is 11.7 Å². The largest absolute Gasteiger partial charge is 0.508 e.